The molecule has 0 aliphatic carbocycles. The van der Waals surface area contributed by atoms with Gasteiger partial charge >= 0.3 is 5.97 Å². The summed E-state index contributed by atoms with van der Waals surface area (Å²) in [4.78, 5) is 10.6. The third-order valence-electron chi connectivity index (χ3n) is 1.99. The molecule has 1 aromatic carbocycles. The summed E-state index contributed by atoms with van der Waals surface area (Å²) in [6.07, 6.45) is -0.0675. The molecule has 0 bridgehead atoms. The van der Waals surface area contributed by atoms with Crippen LogP contribution < -0.4 is 0 Å². The van der Waals surface area contributed by atoms with Crippen LogP contribution in [0.4, 0.5) is 0 Å². The summed E-state index contributed by atoms with van der Waals surface area (Å²) in [7, 11) is 0. The smallest absolute Gasteiger partial charge is 0.307 e. The van der Waals surface area contributed by atoms with Crippen molar-refractivity contribution in [2.45, 2.75) is 13.3 Å². The maximum absolute atomic E-state index is 10.6. The van der Waals surface area contributed by atoms with E-state index >= 15 is 0 Å². The van der Waals surface area contributed by atoms with E-state index < -0.39 is 5.97 Å². The largest absolute Gasteiger partial charge is 0.481 e. The summed E-state index contributed by atoms with van der Waals surface area (Å²) < 4.78 is 0.733. The molecule has 0 radical (unpaired) electrons. The van der Waals surface area contributed by atoms with E-state index in [4.69, 9.17) is 10.4 Å². The molecule has 0 fully saturated rings. The lowest BCUT2D eigenvalue weighted by molar-refractivity contribution is -0.136. The Bertz CT molecular complexity index is 421. The number of hydrogen-bond donors (Lipinski definition) is 1. The number of halogens is 1. The van der Waals surface area contributed by atoms with Gasteiger partial charge in [-0.3, -0.25) is 4.79 Å². The Morgan fingerprint density at radius 1 is 1.64 bits per heavy atom. The Balaban J connectivity index is 3.27. The highest BCUT2D eigenvalue weighted by molar-refractivity contribution is 9.10. The van der Waals surface area contributed by atoms with Gasteiger partial charge in [0.1, 0.15) is 0 Å². The van der Waals surface area contributed by atoms with Crippen molar-refractivity contribution in [3.8, 4) is 6.07 Å². The molecule has 0 saturated heterocycles. The molecule has 1 N–H and O–H groups in total. The summed E-state index contributed by atoms with van der Waals surface area (Å²) in [6, 6.07) is 5.39. The second kappa shape index (κ2) is 4.25. The van der Waals surface area contributed by atoms with E-state index in [2.05, 4.69) is 15.9 Å². The molecule has 0 amide bonds. The van der Waals surface area contributed by atoms with Crippen LogP contribution in [0.15, 0.2) is 16.6 Å². The van der Waals surface area contributed by atoms with Gasteiger partial charge in [0.25, 0.3) is 0 Å². The molecular weight excluding hydrogens is 246 g/mol. The van der Waals surface area contributed by atoms with Crippen LogP contribution in [0.5, 0.6) is 0 Å². The van der Waals surface area contributed by atoms with E-state index in [0.717, 1.165) is 10.0 Å². The number of benzene rings is 1. The van der Waals surface area contributed by atoms with Gasteiger partial charge in [-0.1, -0.05) is 15.9 Å². The number of nitrogens with zero attached hydrogens (tertiary/aromatic N) is 1. The van der Waals surface area contributed by atoms with Crippen LogP contribution in [0.3, 0.4) is 0 Å². The zero-order chi connectivity index (χ0) is 10.7. The van der Waals surface area contributed by atoms with Crippen LogP contribution >= 0.6 is 15.9 Å². The van der Waals surface area contributed by atoms with E-state index in [1.165, 1.54) is 0 Å². The lowest BCUT2D eigenvalue weighted by Gasteiger charge is -2.07. The lowest BCUT2D eigenvalue weighted by Crippen LogP contribution is -2.04. The molecule has 0 aromatic heterocycles. The van der Waals surface area contributed by atoms with Crippen molar-refractivity contribution in [2.75, 3.05) is 0 Å². The Morgan fingerprint density at radius 3 is 2.79 bits per heavy atom. The zero-order valence-electron chi connectivity index (χ0n) is 7.54. The average molecular weight is 254 g/mol. The van der Waals surface area contributed by atoms with Crippen molar-refractivity contribution >= 4 is 21.9 Å². The highest BCUT2D eigenvalue weighted by Crippen LogP contribution is 2.23. The molecule has 14 heavy (non-hydrogen) atoms. The van der Waals surface area contributed by atoms with Gasteiger partial charge in [0.15, 0.2) is 0 Å². The summed E-state index contributed by atoms with van der Waals surface area (Å²) in [5, 5.41) is 17.4. The van der Waals surface area contributed by atoms with Gasteiger partial charge in [-0.05, 0) is 30.2 Å². The fourth-order valence-corrected chi connectivity index (χ4v) is 1.78. The number of rotatable bonds is 2. The number of hydrogen-bond acceptors (Lipinski definition) is 2. The molecule has 0 saturated carbocycles. The second-order valence-corrected chi connectivity index (χ2v) is 3.74. The van der Waals surface area contributed by atoms with Crippen LogP contribution in [0.2, 0.25) is 0 Å². The molecule has 4 heteroatoms. The van der Waals surface area contributed by atoms with Crippen molar-refractivity contribution in [3.05, 3.63) is 33.3 Å². The average Bonchev–Trinajstić information content (AvgIpc) is 2.12. The molecule has 0 aliphatic rings. The first kappa shape index (κ1) is 10.7. The fourth-order valence-electron chi connectivity index (χ4n) is 1.21. The standard InChI is InChI=1S/C10H8BrNO2/c1-6-7(5-12)2-3-9(11)8(6)4-10(13)14/h2-3H,4H2,1H3,(H,13,14). The Labute approximate surface area is 90.1 Å². The van der Waals surface area contributed by atoms with E-state index in [1.54, 1.807) is 19.1 Å². The highest BCUT2D eigenvalue weighted by atomic mass is 79.9. The summed E-state index contributed by atoms with van der Waals surface area (Å²) in [5.41, 5.74) is 1.91. The van der Waals surface area contributed by atoms with E-state index in [0.29, 0.717) is 11.1 Å². The minimum Gasteiger partial charge on any atom is -0.481 e. The van der Waals surface area contributed by atoms with Gasteiger partial charge in [-0.2, -0.15) is 5.26 Å². The normalized spacial score (nSPS) is 9.50. The Kier molecular flexibility index (Phi) is 3.26. The Hall–Kier alpha value is -1.34. The van der Waals surface area contributed by atoms with Gasteiger partial charge < -0.3 is 5.11 Å². The van der Waals surface area contributed by atoms with E-state index in [9.17, 15) is 4.79 Å². The second-order valence-electron chi connectivity index (χ2n) is 2.88. The van der Waals surface area contributed by atoms with Gasteiger partial charge in [0.2, 0.25) is 0 Å². The van der Waals surface area contributed by atoms with Crippen LogP contribution in [0.1, 0.15) is 16.7 Å². The maximum Gasteiger partial charge on any atom is 0.307 e. The first-order valence-corrected chi connectivity index (χ1v) is 4.75. The van der Waals surface area contributed by atoms with Gasteiger partial charge in [-0.15, -0.1) is 0 Å². The summed E-state index contributed by atoms with van der Waals surface area (Å²) in [6.45, 7) is 1.75. The number of carbonyl (C=O) groups is 1. The minimum absolute atomic E-state index is 0.0675. The van der Waals surface area contributed by atoms with Gasteiger partial charge in [0.05, 0.1) is 18.1 Å². The SMILES string of the molecule is Cc1c(C#N)ccc(Br)c1CC(=O)O. The monoisotopic (exact) mass is 253 g/mol. The Morgan fingerprint density at radius 2 is 2.29 bits per heavy atom. The predicted octanol–water partition coefficient (Wildman–Crippen LogP) is 2.26. The lowest BCUT2D eigenvalue weighted by atomic mass is 10.0. The minimum atomic E-state index is -0.899. The fraction of sp³-hybridized carbons (Fsp3) is 0.200. The summed E-state index contributed by atoms with van der Waals surface area (Å²) in [5.74, 6) is -0.899. The molecule has 3 nitrogen and oxygen atoms in total. The van der Waals surface area contributed by atoms with E-state index in [1.807, 2.05) is 6.07 Å². The third kappa shape index (κ3) is 2.12. The highest BCUT2D eigenvalue weighted by Gasteiger charge is 2.11. The van der Waals surface area contributed by atoms with Crippen LogP contribution in [-0.2, 0) is 11.2 Å². The molecule has 0 heterocycles. The van der Waals surface area contributed by atoms with Crippen LogP contribution in [0, 0.1) is 18.3 Å². The molecule has 0 aliphatic heterocycles. The first-order chi connectivity index (χ1) is 6.56. The zero-order valence-corrected chi connectivity index (χ0v) is 9.13. The van der Waals surface area contributed by atoms with Crippen molar-refractivity contribution in [1.29, 1.82) is 5.26 Å². The van der Waals surface area contributed by atoms with Crippen LogP contribution in [-0.4, -0.2) is 11.1 Å². The first-order valence-electron chi connectivity index (χ1n) is 3.96. The van der Waals surface area contributed by atoms with Crippen molar-refractivity contribution in [2.24, 2.45) is 0 Å². The maximum atomic E-state index is 10.6. The topological polar surface area (TPSA) is 61.1 Å². The van der Waals surface area contributed by atoms with Crippen molar-refractivity contribution in [1.82, 2.24) is 0 Å². The van der Waals surface area contributed by atoms with Gasteiger partial charge in [0, 0.05) is 4.47 Å². The number of carboxylic acids is 1. The van der Waals surface area contributed by atoms with Crippen molar-refractivity contribution in [3.63, 3.8) is 0 Å². The summed E-state index contributed by atoms with van der Waals surface area (Å²) >= 11 is 3.27. The molecule has 1 rings (SSSR count). The molecule has 72 valence electrons. The quantitative estimate of drug-likeness (QED) is 0.880. The molecular formula is C10H8BrNO2. The number of nitriles is 1. The van der Waals surface area contributed by atoms with Crippen LogP contribution in [0.25, 0.3) is 0 Å². The molecule has 1 aromatic rings. The number of carboxylic acid groups (broad SMARTS) is 1. The van der Waals surface area contributed by atoms with Gasteiger partial charge in [-0.25, -0.2) is 0 Å². The van der Waals surface area contributed by atoms with E-state index in [-0.39, 0.29) is 6.42 Å². The molecule has 0 unspecified atom stereocenters. The molecule has 0 spiro atoms. The molecule has 0 atom stereocenters. The predicted molar refractivity (Wildman–Crippen MR) is 54.9 cm³/mol. The number of aliphatic carboxylic acids is 1. The third-order valence-corrected chi connectivity index (χ3v) is 2.73. The van der Waals surface area contributed by atoms with Crippen molar-refractivity contribution < 1.29 is 9.90 Å².